The average molecular weight is 503 g/mol. The highest BCUT2D eigenvalue weighted by atomic mass is 19.4. The first-order chi connectivity index (χ1) is 16.5. The lowest BCUT2D eigenvalue weighted by Crippen LogP contribution is -2.36. The topological polar surface area (TPSA) is 118 Å². The summed E-state index contributed by atoms with van der Waals surface area (Å²) >= 11 is 0. The minimum Gasteiger partial charge on any atom is -0.443 e. The average Bonchev–Trinajstić information content (AvgIpc) is 3.47. The van der Waals surface area contributed by atoms with Crippen LogP contribution >= 0.6 is 0 Å². The van der Waals surface area contributed by atoms with Crippen LogP contribution in [-0.4, -0.2) is 55.3 Å². The largest absolute Gasteiger partial charge is 0.522 e. The van der Waals surface area contributed by atoms with Gasteiger partial charge in [0.15, 0.2) is 17.3 Å². The molecule has 0 aromatic carbocycles. The van der Waals surface area contributed by atoms with E-state index >= 15 is 0 Å². The van der Waals surface area contributed by atoms with Crippen LogP contribution in [0.5, 0.6) is 0 Å². The highest BCUT2D eigenvalue weighted by Gasteiger charge is 2.41. The zero-order chi connectivity index (χ0) is 25.3. The summed E-state index contributed by atoms with van der Waals surface area (Å²) in [4.78, 5) is 19.5. The van der Waals surface area contributed by atoms with Gasteiger partial charge >= 0.3 is 12.5 Å². The molecule has 0 unspecified atom stereocenters. The highest BCUT2D eigenvalue weighted by Crippen LogP contribution is 2.38. The molecule has 0 radical (unpaired) electrons. The van der Waals surface area contributed by atoms with Gasteiger partial charge in [0.1, 0.15) is 12.3 Å². The Labute approximate surface area is 195 Å². The van der Waals surface area contributed by atoms with Gasteiger partial charge in [0.2, 0.25) is 5.95 Å². The molecule has 1 aliphatic rings. The summed E-state index contributed by atoms with van der Waals surface area (Å²) < 4.78 is 76.0. The minimum absolute atomic E-state index is 0.0139. The maximum Gasteiger partial charge on any atom is 0.522 e. The minimum atomic E-state index is -4.87. The van der Waals surface area contributed by atoms with Crippen molar-refractivity contribution in [3.8, 4) is 0 Å². The standard InChI is InChI=1S/C20H22F5N7O3/c1-9(2)27-19(33)35-14-4-3-11(16(14)22)13-5-15(31-30-13)29-18-26-6-12(21)17-28-10(7-32(17)18)8-34-20(23,24)25/h5-7,9,11,14,16H,3-4,8H2,1-2H3,(H,27,33)(H2,26,29,30,31)/t11-,14-,16+/m1/s1. The van der Waals surface area contributed by atoms with Gasteiger partial charge in [-0.3, -0.25) is 14.2 Å². The summed E-state index contributed by atoms with van der Waals surface area (Å²) in [6, 6.07) is 1.38. The smallest absolute Gasteiger partial charge is 0.443 e. The van der Waals surface area contributed by atoms with Gasteiger partial charge in [-0.1, -0.05) is 0 Å². The summed E-state index contributed by atoms with van der Waals surface area (Å²) in [7, 11) is 0. The Balaban J connectivity index is 1.46. The maximum atomic E-state index is 15.0. The molecule has 10 nitrogen and oxygen atoms in total. The molecular formula is C20H22F5N7O3. The third-order valence-corrected chi connectivity index (χ3v) is 5.29. The number of amides is 1. The number of ether oxygens (including phenoxy) is 2. The number of anilines is 2. The molecule has 4 rings (SSSR count). The molecule has 190 valence electrons. The summed E-state index contributed by atoms with van der Waals surface area (Å²) in [6.07, 6.45) is -5.18. The van der Waals surface area contributed by atoms with Crippen molar-refractivity contribution in [1.82, 2.24) is 29.9 Å². The lowest BCUT2D eigenvalue weighted by Gasteiger charge is -2.18. The lowest BCUT2D eigenvalue weighted by atomic mass is 10.0. The van der Waals surface area contributed by atoms with Crippen molar-refractivity contribution in [3.63, 3.8) is 0 Å². The Morgan fingerprint density at radius 3 is 2.83 bits per heavy atom. The van der Waals surface area contributed by atoms with Crippen LogP contribution in [0.3, 0.4) is 0 Å². The molecule has 3 N–H and O–H groups in total. The molecule has 0 spiro atoms. The van der Waals surface area contributed by atoms with Gasteiger partial charge in [0, 0.05) is 29.9 Å². The number of aromatic amines is 1. The van der Waals surface area contributed by atoms with Crippen molar-refractivity contribution < 1.29 is 36.2 Å². The number of aromatic nitrogens is 5. The summed E-state index contributed by atoms with van der Waals surface area (Å²) in [5.74, 6) is -1.23. The van der Waals surface area contributed by atoms with Crippen molar-refractivity contribution in [2.24, 2.45) is 0 Å². The number of hydrogen-bond acceptors (Lipinski definition) is 7. The van der Waals surface area contributed by atoms with Gasteiger partial charge in [0.25, 0.3) is 0 Å². The summed E-state index contributed by atoms with van der Waals surface area (Å²) in [6.45, 7) is 2.61. The number of carbonyl (C=O) groups is 1. The lowest BCUT2D eigenvalue weighted by molar-refractivity contribution is -0.330. The van der Waals surface area contributed by atoms with Crippen LogP contribution in [0.1, 0.15) is 44.0 Å². The van der Waals surface area contributed by atoms with Crippen molar-refractivity contribution in [3.05, 3.63) is 35.7 Å². The maximum absolute atomic E-state index is 15.0. The van der Waals surface area contributed by atoms with Gasteiger partial charge in [-0.15, -0.1) is 13.2 Å². The van der Waals surface area contributed by atoms with Crippen LogP contribution in [-0.2, 0) is 16.1 Å². The van der Waals surface area contributed by atoms with Crippen LogP contribution in [0.4, 0.5) is 38.5 Å². The van der Waals surface area contributed by atoms with Crippen LogP contribution in [0.2, 0.25) is 0 Å². The molecular weight excluding hydrogens is 481 g/mol. The Bertz CT molecular complexity index is 1200. The summed E-state index contributed by atoms with van der Waals surface area (Å²) in [5, 5.41) is 12.1. The first-order valence-electron chi connectivity index (χ1n) is 10.7. The fourth-order valence-electron chi connectivity index (χ4n) is 3.80. The van der Waals surface area contributed by atoms with E-state index < -0.39 is 43.1 Å². The molecule has 0 bridgehead atoms. The second kappa shape index (κ2) is 9.64. The molecule has 0 saturated heterocycles. The number of fused-ring (bicyclic) bond motifs is 1. The first kappa shape index (κ1) is 24.6. The Kier molecular flexibility index (Phi) is 6.78. The molecule has 1 aliphatic carbocycles. The molecule has 1 saturated carbocycles. The van der Waals surface area contributed by atoms with Crippen LogP contribution in [0.25, 0.3) is 5.65 Å². The zero-order valence-electron chi connectivity index (χ0n) is 18.6. The van der Waals surface area contributed by atoms with E-state index in [1.165, 1.54) is 6.07 Å². The SMILES string of the molecule is CC(C)NC(=O)O[C@@H]1CC[C@H](c2cc(Nc3ncc(F)c4nc(COC(F)(F)F)cn34)n[nH]2)[C@@H]1F. The number of hydrogen-bond donors (Lipinski definition) is 3. The van der Waals surface area contributed by atoms with E-state index in [-0.39, 0.29) is 29.1 Å². The normalized spacial score (nSPS) is 20.5. The van der Waals surface area contributed by atoms with Crippen LogP contribution < -0.4 is 10.6 Å². The van der Waals surface area contributed by atoms with Crippen LogP contribution in [0.15, 0.2) is 18.5 Å². The van der Waals surface area contributed by atoms with Gasteiger partial charge in [-0.2, -0.15) is 5.10 Å². The van der Waals surface area contributed by atoms with E-state index in [9.17, 15) is 26.7 Å². The second-order valence-electron chi connectivity index (χ2n) is 8.29. The molecule has 3 aromatic rings. The Morgan fingerprint density at radius 2 is 2.11 bits per heavy atom. The number of imidazole rings is 1. The number of halogens is 5. The summed E-state index contributed by atoms with van der Waals surface area (Å²) in [5.41, 5.74) is 0.00991. The molecule has 3 aromatic heterocycles. The molecule has 15 heteroatoms. The number of H-pyrrole nitrogens is 1. The van der Waals surface area contributed by atoms with E-state index in [1.54, 1.807) is 13.8 Å². The number of nitrogens with zero attached hydrogens (tertiary/aromatic N) is 4. The van der Waals surface area contributed by atoms with E-state index in [1.807, 2.05) is 0 Å². The predicted molar refractivity (Wildman–Crippen MR) is 111 cm³/mol. The Morgan fingerprint density at radius 1 is 1.34 bits per heavy atom. The number of alkyl carbamates (subject to hydrolysis) is 1. The van der Waals surface area contributed by atoms with Gasteiger partial charge < -0.3 is 15.4 Å². The number of rotatable bonds is 7. The number of alkyl halides is 4. The fourth-order valence-corrected chi connectivity index (χ4v) is 3.80. The zero-order valence-corrected chi connectivity index (χ0v) is 18.6. The van der Waals surface area contributed by atoms with E-state index in [0.717, 1.165) is 16.8 Å². The van der Waals surface area contributed by atoms with Crippen molar-refractivity contribution >= 4 is 23.5 Å². The van der Waals surface area contributed by atoms with Gasteiger partial charge in [-0.25, -0.2) is 23.5 Å². The fraction of sp³-hybridized carbons (Fsp3) is 0.500. The Hall–Kier alpha value is -3.49. The monoisotopic (exact) mass is 503 g/mol. The molecule has 3 atom stereocenters. The van der Waals surface area contributed by atoms with Gasteiger partial charge in [0.05, 0.1) is 18.5 Å². The van der Waals surface area contributed by atoms with E-state index in [0.29, 0.717) is 18.5 Å². The van der Waals surface area contributed by atoms with E-state index in [4.69, 9.17) is 4.74 Å². The van der Waals surface area contributed by atoms with Crippen molar-refractivity contribution in [1.29, 1.82) is 0 Å². The molecule has 3 heterocycles. The molecule has 0 aliphatic heterocycles. The predicted octanol–water partition coefficient (Wildman–Crippen LogP) is 4.09. The number of carbonyl (C=O) groups excluding carboxylic acids is 1. The third-order valence-electron chi connectivity index (χ3n) is 5.29. The van der Waals surface area contributed by atoms with E-state index in [2.05, 4.69) is 35.5 Å². The second-order valence-corrected chi connectivity index (χ2v) is 8.29. The first-order valence-corrected chi connectivity index (χ1v) is 10.7. The molecule has 35 heavy (non-hydrogen) atoms. The van der Waals surface area contributed by atoms with Gasteiger partial charge in [-0.05, 0) is 26.7 Å². The quantitative estimate of drug-likeness (QED) is 0.416. The highest BCUT2D eigenvalue weighted by molar-refractivity contribution is 5.67. The van der Waals surface area contributed by atoms with Crippen molar-refractivity contribution in [2.75, 3.05) is 5.32 Å². The molecule has 1 amide bonds. The number of nitrogens with one attached hydrogen (secondary N) is 3. The van der Waals surface area contributed by atoms with Crippen LogP contribution in [0, 0.1) is 5.82 Å². The van der Waals surface area contributed by atoms with Crippen molar-refractivity contribution in [2.45, 2.75) is 63.9 Å². The third kappa shape index (κ3) is 5.78. The molecule has 1 fully saturated rings.